The largest absolute Gasteiger partial charge is 0.463 e. The Hall–Kier alpha value is -3.10. The zero-order valence-corrected chi connectivity index (χ0v) is 18.0. The van der Waals surface area contributed by atoms with Gasteiger partial charge in [0.1, 0.15) is 13.2 Å². The van der Waals surface area contributed by atoms with E-state index in [4.69, 9.17) is 9.47 Å². The third-order valence-corrected chi connectivity index (χ3v) is 5.65. The van der Waals surface area contributed by atoms with Crippen molar-refractivity contribution in [1.29, 1.82) is 0 Å². The number of ether oxygens (including phenoxy) is 2. The second-order valence-corrected chi connectivity index (χ2v) is 7.90. The molecule has 0 N–H and O–H groups in total. The molecule has 0 aromatic heterocycles. The molecule has 2 saturated heterocycles. The normalized spacial score (nSPS) is 16.2. The summed E-state index contributed by atoms with van der Waals surface area (Å²) >= 11 is 0. The van der Waals surface area contributed by atoms with Gasteiger partial charge in [0, 0.05) is 45.7 Å². The Bertz CT molecular complexity index is 755. The first kappa shape index (κ1) is 22.6. The standard InChI is InChI=1S/C22H29N3O6/c1-16(26)24-12-18(13-24)21(28)30-10-8-23(20-6-4-3-5-7-20)9-11-31-22(29)19-14-25(15-19)17(2)27/h3-7,18-19H,8-15H2,1-2H3. The van der Waals surface area contributed by atoms with Crippen LogP contribution in [-0.2, 0) is 28.7 Å². The van der Waals surface area contributed by atoms with Crippen molar-refractivity contribution >= 4 is 29.4 Å². The summed E-state index contributed by atoms with van der Waals surface area (Å²) in [5.74, 6) is -1.18. The van der Waals surface area contributed by atoms with Crippen LogP contribution in [0.3, 0.4) is 0 Å². The smallest absolute Gasteiger partial charge is 0.312 e. The molecule has 31 heavy (non-hydrogen) atoms. The van der Waals surface area contributed by atoms with Crippen LogP contribution in [0.2, 0.25) is 0 Å². The van der Waals surface area contributed by atoms with Crippen LogP contribution in [0.15, 0.2) is 30.3 Å². The summed E-state index contributed by atoms with van der Waals surface area (Å²) in [6.07, 6.45) is 0. The highest BCUT2D eigenvalue weighted by Crippen LogP contribution is 2.19. The minimum atomic E-state index is -0.294. The van der Waals surface area contributed by atoms with Crippen LogP contribution in [0.1, 0.15) is 13.8 Å². The highest BCUT2D eigenvalue weighted by molar-refractivity contribution is 5.80. The molecule has 3 rings (SSSR count). The minimum Gasteiger partial charge on any atom is -0.463 e. The number of likely N-dealkylation sites (tertiary alicyclic amines) is 2. The Balaban J connectivity index is 1.41. The first-order valence-electron chi connectivity index (χ1n) is 10.5. The number of esters is 2. The number of anilines is 1. The summed E-state index contributed by atoms with van der Waals surface area (Å²) in [7, 11) is 0. The fourth-order valence-electron chi connectivity index (χ4n) is 3.53. The quantitative estimate of drug-likeness (QED) is 0.527. The number of hydrogen-bond donors (Lipinski definition) is 0. The van der Waals surface area contributed by atoms with Gasteiger partial charge in [-0.3, -0.25) is 19.2 Å². The number of carbonyl (C=O) groups is 4. The van der Waals surface area contributed by atoms with Gasteiger partial charge in [-0.2, -0.15) is 0 Å². The molecule has 2 heterocycles. The van der Waals surface area contributed by atoms with Crippen LogP contribution in [0.25, 0.3) is 0 Å². The summed E-state index contributed by atoms with van der Waals surface area (Å²) in [5, 5.41) is 0. The van der Waals surface area contributed by atoms with E-state index in [2.05, 4.69) is 0 Å². The van der Waals surface area contributed by atoms with Gasteiger partial charge in [0.2, 0.25) is 11.8 Å². The molecule has 0 radical (unpaired) electrons. The van der Waals surface area contributed by atoms with Gasteiger partial charge in [0.25, 0.3) is 0 Å². The molecule has 2 amide bonds. The van der Waals surface area contributed by atoms with Gasteiger partial charge < -0.3 is 24.2 Å². The average molecular weight is 431 g/mol. The van der Waals surface area contributed by atoms with Crippen molar-refractivity contribution in [2.24, 2.45) is 11.8 Å². The Morgan fingerprint density at radius 2 is 1.23 bits per heavy atom. The maximum Gasteiger partial charge on any atom is 0.312 e. The van der Waals surface area contributed by atoms with E-state index in [0.29, 0.717) is 39.3 Å². The highest BCUT2D eigenvalue weighted by atomic mass is 16.5. The molecule has 2 aliphatic rings. The van der Waals surface area contributed by atoms with Gasteiger partial charge in [0.05, 0.1) is 24.9 Å². The predicted octanol–water partition coefficient (Wildman–Crippen LogP) is 0.536. The number of rotatable bonds is 9. The van der Waals surface area contributed by atoms with Crippen molar-refractivity contribution in [3.05, 3.63) is 30.3 Å². The lowest BCUT2D eigenvalue weighted by Crippen LogP contribution is -2.53. The first-order chi connectivity index (χ1) is 14.8. The van der Waals surface area contributed by atoms with E-state index in [-0.39, 0.29) is 48.8 Å². The highest BCUT2D eigenvalue weighted by Gasteiger charge is 2.36. The Kier molecular flexibility index (Phi) is 7.49. The Morgan fingerprint density at radius 1 is 0.806 bits per heavy atom. The van der Waals surface area contributed by atoms with Gasteiger partial charge in [0.15, 0.2) is 0 Å². The van der Waals surface area contributed by atoms with Gasteiger partial charge in [-0.1, -0.05) is 18.2 Å². The van der Waals surface area contributed by atoms with E-state index in [0.717, 1.165) is 5.69 Å². The molecule has 0 aliphatic carbocycles. The first-order valence-corrected chi connectivity index (χ1v) is 10.5. The number of benzene rings is 1. The molecule has 0 saturated carbocycles. The molecule has 9 heteroatoms. The van der Waals surface area contributed by atoms with Crippen LogP contribution < -0.4 is 4.90 Å². The van der Waals surface area contributed by atoms with E-state index < -0.39 is 0 Å². The summed E-state index contributed by atoms with van der Waals surface area (Å²) in [5.41, 5.74) is 0.937. The van der Waals surface area contributed by atoms with Crippen molar-refractivity contribution < 1.29 is 28.7 Å². The fraction of sp³-hybridized carbons (Fsp3) is 0.545. The Labute approximate surface area is 181 Å². The molecule has 1 aromatic rings. The van der Waals surface area contributed by atoms with Crippen molar-refractivity contribution in [2.75, 3.05) is 57.4 Å². The molecule has 0 unspecified atom stereocenters. The van der Waals surface area contributed by atoms with Gasteiger partial charge in [-0.25, -0.2) is 0 Å². The lowest BCUT2D eigenvalue weighted by atomic mass is 10.0. The molecule has 2 fully saturated rings. The van der Waals surface area contributed by atoms with Crippen molar-refractivity contribution in [3.63, 3.8) is 0 Å². The second kappa shape index (κ2) is 10.3. The van der Waals surface area contributed by atoms with Crippen LogP contribution in [0.4, 0.5) is 5.69 Å². The SMILES string of the molecule is CC(=O)N1CC(C(=O)OCCN(CCOC(=O)C2CN(C(C)=O)C2)c2ccccc2)C1. The maximum absolute atomic E-state index is 12.1. The van der Waals surface area contributed by atoms with Crippen LogP contribution in [0, 0.1) is 11.8 Å². The Morgan fingerprint density at radius 3 is 1.61 bits per heavy atom. The fourth-order valence-corrected chi connectivity index (χ4v) is 3.53. The predicted molar refractivity (Wildman–Crippen MR) is 112 cm³/mol. The van der Waals surface area contributed by atoms with Crippen LogP contribution in [-0.4, -0.2) is 86.0 Å². The number of hydrogen-bond acceptors (Lipinski definition) is 7. The van der Waals surface area contributed by atoms with E-state index >= 15 is 0 Å². The van der Waals surface area contributed by atoms with Crippen LogP contribution in [0.5, 0.6) is 0 Å². The van der Waals surface area contributed by atoms with Gasteiger partial charge in [-0.05, 0) is 12.1 Å². The third-order valence-electron chi connectivity index (χ3n) is 5.65. The van der Waals surface area contributed by atoms with Crippen molar-refractivity contribution in [3.8, 4) is 0 Å². The molecule has 2 aliphatic heterocycles. The summed E-state index contributed by atoms with van der Waals surface area (Å²) in [4.78, 5) is 51.9. The average Bonchev–Trinajstić information content (AvgIpc) is 2.64. The third kappa shape index (κ3) is 5.96. The molecule has 168 valence electrons. The lowest BCUT2D eigenvalue weighted by molar-refractivity contribution is -0.158. The monoisotopic (exact) mass is 431 g/mol. The number of nitrogens with zero attached hydrogens (tertiary/aromatic N) is 3. The zero-order valence-electron chi connectivity index (χ0n) is 18.0. The molecular weight excluding hydrogens is 402 g/mol. The van der Waals surface area contributed by atoms with Crippen LogP contribution >= 0.6 is 0 Å². The molecule has 0 spiro atoms. The van der Waals surface area contributed by atoms with Crippen molar-refractivity contribution in [1.82, 2.24) is 9.80 Å². The lowest BCUT2D eigenvalue weighted by Gasteiger charge is -2.37. The molecule has 1 aromatic carbocycles. The van der Waals surface area contributed by atoms with E-state index in [1.165, 1.54) is 13.8 Å². The summed E-state index contributed by atoms with van der Waals surface area (Å²) < 4.78 is 10.8. The van der Waals surface area contributed by atoms with E-state index in [1.54, 1.807) is 9.80 Å². The van der Waals surface area contributed by atoms with E-state index in [9.17, 15) is 19.2 Å². The molecule has 0 atom stereocenters. The molecule has 0 bridgehead atoms. The van der Waals surface area contributed by atoms with Crippen molar-refractivity contribution in [2.45, 2.75) is 13.8 Å². The summed E-state index contributed by atoms with van der Waals surface area (Å²) in [6, 6.07) is 9.62. The zero-order chi connectivity index (χ0) is 22.4. The second-order valence-electron chi connectivity index (χ2n) is 7.90. The van der Waals surface area contributed by atoms with E-state index in [1.807, 2.05) is 35.2 Å². The molecular formula is C22H29N3O6. The van der Waals surface area contributed by atoms with Gasteiger partial charge in [-0.15, -0.1) is 0 Å². The van der Waals surface area contributed by atoms with Gasteiger partial charge >= 0.3 is 11.9 Å². The topological polar surface area (TPSA) is 96.5 Å². The number of amides is 2. The molecule has 9 nitrogen and oxygen atoms in total. The minimum absolute atomic E-state index is 0.0373. The summed E-state index contributed by atoms with van der Waals surface area (Å²) in [6.45, 7) is 5.93. The number of carbonyl (C=O) groups excluding carboxylic acids is 4. The maximum atomic E-state index is 12.1. The number of para-hydroxylation sites is 1.